The van der Waals surface area contributed by atoms with Crippen LogP contribution in [0.5, 0.6) is 5.88 Å². The molecule has 1 aliphatic rings. The van der Waals surface area contributed by atoms with Crippen LogP contribution in [0.25, 0.3) is 0 Å². The number of aromatic nitrogens is 2. The number of carbonyl (C=O) groups is 1. The second kappa shape index (κ2) is 4.90. The number of ether oxygens (including phenoxy) is 1. The molecule has 100 valence electrons. The first kappa shape index (κ1) is 12.8. The van der Waals surface area contributed by atoms with E-state index in [1.54, 1.807) is 0 Å². The van der Waals surface area contributed by atoms with Crippen molar-refractivity contribution in [1.82, 2.24) is 15.3 Å². The minimum Gasteiger partial charge on any atom is -0.492 e. The van der Waals surface area contributed by atoms with Crippen LogP contribution in [-0.2, 0) is 4.74 Å². The zero-order chi connectivity index (χ0) is 13.3. The quantitative estimate of drug-likeness (QED) is 0.345. The number of aliphatic hydroxyl groups excluding tert-OH is 3. The predicted molar refractivity (Wildman–Crippen MR) is 55.5 cm³/mol. The Morgan fingerprint density at radius 2 is 2.22 bits per heavy atom. The Bertz CT molecular complexity index is 436. The number of aliphatic hydroxyl groups is 3. The molecule has 0 saturated carbocycles. The van der Waals surface area contributed by atoms with Gasteiger partial charge in [0.2, 0.25) is 5.88 Å². The number of amides is 1. The summed E-state index contributed by atoms with van der Waals surface area (Å²) in [6.07, 6.45) is -3.68. The van der Waals surface area contributed by atoms with E-state index in [1.807, 2.05) is 0 Å². The zero-order valence-electron chi connectivity index (χ0n) is 9.15. The fourth-order valence-electron chi connectivity index (χ4n) is 1.67. The van der Waals surface area contributed by atoms with Crippen molar-refractivity contribution < 1.29 is 30.0 Å². The van der Waals surface area contributed by atoms with Gasteiger partial charge in [0, 0.05) is 0 Å². The molecule has 2 heterocycles. The minimum absolute atomic E-state index is 0.187. The second-order valence-corrected chi connectivity index (χ2v) is 3.83. The van der Waals surface area contributed by atoms with Gasteiger partial charge >= 0.3 is 0 Å². The Balaban J connectivity index is 2.03. The molecule has 0 aliphatic carbocycles. The molecule has 0 spiro atoms. The largest absolute Gasteiger partial charge is 0.492 e. The highest BCUT2D eigenvalue weighted by Crippen LogP contribution is 2.20. The van der Waals surface area contributed by atoms with Crippen LogP contribution in [-0.4, -0.2) is 67.4 Å². The van der Waals surface area contributed by atoms with Crippen molar-refractivity contribution in [3.63, 3.8) is 0 Å². The van der Waals surface area contributed by atoms with Crippen LogP contribution in [0.2, 0.25) is 0 Å². The fraction of sp³-hybridized carbons (Fsp3) is 0.556. The Morgan fingerprint density at radius 3 is 2.72 bits per heavy atom. The maximum Gasteiger partial charge on any atom is 0.275 e. The summed E-state index contributed by atoms with van der Waals surface area (Å²) in [5.74, 6) is -1.24. The van der Waals surface area contributed by atoms with Crippen molar-refractivity contribution in [3.8, 4) is 5.88 Å². The smallest absolute Gasteiger partial charge is 0.275 e. The van der Waals surface area contributed by atoms with Gasteiger partial charge in [-0.15, -0.1) is 0 Å². The minimum atomic E-state index is -1.36. The summed E-state index contributed by atoms with van der Waals surface area (Å²) in [5, 5.41) is 39.4. The molecule has 0 bridgehead atoms. The standard InChI is InChI=1S/C9H13N3O6/c13-1-3-5(14)6(15)9(18-3)12-8(17)4-7(16)11-2-10-4/h2-3,5-6,9,13-16H,1H2,(H,10,11)(H,12,17)/t3-,5-,6-,9-/m1/s1. The van der Waals surface area contributed by atoms with Crippen LogP contribution in [0.4, 0.5) is 0 Å². The summed E-state index contributed by atoms with van der Waals surface area (Å²) in [4.78, 5) is 17.5. The number of H-pyrrole nitrogens is 1. The molecule has 1 aromatic heterocycles. The lowest BCUT2D eigenvalue weighted by Crippen LogP contribution is -2.43. The average molecular weight is 259 g/mol. The molecule has 6 N–H and O–H groups in total. The molecule has 1 aromatic rings. The van der Waals surface area contributed by atoms with Crippen LogP contribution in [0.15, 0.2) is 6.33 Å². The molecule has 1 saturated heterocycles. The molecule has 2 rings (SSSR count). The molecule has 1 fully saturated rings. The predicted octanol–water partition coefficient (Wildman–Crippen LogP) is -2.72. The van der Waals surface area contributed by atoms with Gasteiger partial charge in [0.15, 0.2) is 11.9 Å². The number of nitrogens with one attached hydrogen (secondary N) is 2. The molecule has 9 heteroatoms. The Hall–Kier alpha value is -1.68. The number of aromatic amines is 1. The van der Waals surface area contributed by atoms with Crippen LogP contribution in [0.1, 0.15) is 10.5 Å². The van der Waals surface area contributed by atoms with Crippen molar-refractivity contribution in [2.75, 3.05) is 6.61 Å². The van der Waals surface area contributed by atoms with Crippen LogP contribution in [0.3, 0.4) is 0 Å². The van der Waals surface area contributed by atoms with Gasteiger partial charge in [0.25, 0.3) is 5.91 Å². The van der Waals surface area contributed by atoms with E-state index >= 15 is 0 Å². The van der Waals surface area contributed by atoms with Crippen LogP contribution in [0, 0.1) is 0 Å². The second-order valence-electron chi connectivity index (χ2n) is 3.83. The molecule has 0 radical (unpaired) electrons. The Labute approximate surface area is 101 Å². The van der Waals surface area contributed by atoms with Crippen molar-refractivity contribution in [1.29, 1.82) is 0 Å². The third-order valence-corrected chi connectivity index (χ3v) is 2.66. The van der Waals surface area contributed by atoms with Gasteiger partial charge in [0.05, 0.1) is 12.9 Å². The Morgan fingerprint density at radius 1 is 1.50 bits per heavy atom. The average Bonchev–Trinajstić information content (AvgIpc) is 2.88. The molecular weight excluding hydrogens is 246 g/mol. The lowest BCUT2D eigenvalue weighted by molar-refractivity contribution is -0.0305. The van der Waals surface area contributed by atoms with Gasteiger partial charge in [-0.05, 0) is 0 Å². The van der Waals surface area contributed by atoms with E-state index in [4.69, 9.17) is 9.84 Å². The van der Waals surface area contributed by atoms with E-state index in [2.05, 4.69) is 15.3 Å². The molecule has 1 aliphatic heterocycles. The highest BCUT2D eigenvalue weighted by atomic mass is 16.6. The number of hydrogen-bond acceptors (Lipinski definition) is 7. The van der Waals surface area contributed by atoms with Gasteiger partial charge in [0.1, 0.15) is 18.3 Å². The lowest BCUT2D eigenvalue weighted by atomic mass is 10.1. The topological polar surface area (TPSA) is 148 Å². The van der Waals surface area contributed by atoms with Crippen LogP contribution >= 0.6 is 0 Å². The number of hydrogen-bond donors (Lipinski definition) is 6. The summed E-state index contributed by atoms with van der Waals surface area (Å²) in [5.41, 5.74) is -0.187. The molecular formula is C9H13N3O6. The van der Waals surface area contributed by atoms with E-state index in [0.717, 1.165) is 6.33 Å². The normalized spacial score (nSPS) is 31.5. The van der Waals surface area contributed by atoms with E-state index in [-0.39, 0.29) is 5.69 Å². The van der Waals surface area contributed by atoms with Gasteiger partial charge < -0.3 is 35.5 Å². The highest BCUT2D eigenvalue weighted by Gasteiger charge is 2.43. The van der Waals surface area contributed by atoms with E-state index < -0.39 is 42.9 Å². The molecule has 4 atom stereocenters. The summed E-state index contributed by atoms with van der Waals surface area (Å²) in [6, 6.07) is 0. The van der Waals surface area contributed by atoms with Crippen molar-refractivity contribution >= 4 is 5.91 Å². The van der Waals surface area contributed by atoms with Crippen molar-refractivity contribution in [3.05, 3.63) is 12.0 Å². The first-order valence-electron chi connectivity index (χ1n) is 5.20. The SMILES string of the molecule is O=C(N[C@@H]1O[C@H](CO)[C@@H](O)[C@H]1O)c1[nH]cnc1O. The zero-order valence-corrected chi connectivity index (χ0v) is 9.15. The van der Waals surface area contributed by atoms with Gasteiger partial charge in [-0.1, -0.05) is 0 Å². The molecule has 0 aromatic carbocycles. The first-order valence-corrected chi connectivity index (χ1v) is 5.20. The number of nitrogens with zero attached hydrogens (tertiary/aromatic N) is 1. The van der Waals surface area contributed by atoms with Gasteiger partial charge in [-0.3, -0.25) is 4.79 Å². The summed E-state index contributed by atoms with van der Waals surface area (Å²) >= 11 is 0. The lowest BCUT2D eigenvalue weighted by Gasteiger charge is -2.15. The van der Waals surface area contributed by atoms with Crippen molar-refractivity contribution in [2.24, 2.45) is 0 Å². The van der Waals surface area contributed by atoms with Crippen LogP contribution < -0.4 is 5.32 Å². The van der Waals surface area contributed by atoms with Gasteiger partial charge in [-0.2, -0.15) is 0 Å². The summed E-state index contributed by atoms with van der Waals surface area (Å²) < 4.78 is 5.05. The summed E-state index contributed by atoms with van der Waals surface area (Å²) in [6.45, 7) is -0.486. The fourth-order valence-corrected chi connectivity index (χ4v) is 1.67. The third-order valence-electron chi connectivity index (χ3n) is 2.66. The Kier molecular flexibility index (Phi) is 3.48. The first-order chi connectivity index (χ1) is 8.54. The molecule has 18 heavy (non-hydrogen) atoms. The third kappa shape index (κ3) is 2.16. The van der Waals surface area contributed by atoms with E-state index in [0.29, 0.717) is 0 Å². The maximum atomic E-state index is 11.7. The molecule has 1 amide bonds. The number of aromatic hydroxyl groups is 1. The van der Waals surface area contributed by atoms with Gasteiger partial charge in [-0.25, -0.2) is 4.98 Å². The number of carbonyl (C=O) groups excluding carboxylic acids is 1. The molecule has 0 unspecified atom stereocenters. The molecule has 9 nitrogen and oxygen atoms in total. The van der Waals surface area contributed by atoms with E-state index in [1.165, 1.54) is 0 Å². The maximum absolute atomic E-state index is 11.7. The monoisotopic (exact) mass is 259 g/mol. The number of rotatable bonds is 3. The van der Waals surface area contributed by atoms with E-state index in [9.17, 15) is 20.1 Å². The van der Waals surface area contributed by atoms with Crippen molar-refractivity contribution in [2.45, 2.75) is 24.5 Å². The summed E-state index contributed by atoms with van der Waals surface area (Å²) in [7, 11) is 0. The number of imidazole rings is 1. The highest BCUT2D eigenvalue weighted by molar-refractivity contribution is 5.94.